The van der Waals surface area contributed by atoms with E-state index in [9.17, 15) is 8.42 Å². The topological polar surface area (TPSA) is 49.9 Å². The summed E-state index contributed by atoms with van der Waals surface area (Å²) in [5, 5.41) is 0. The molecule has 2 aromatic rings. The monoisotopic (exact) mass is 402 g/mol. The summed E-state index contributed by atoms with van der Waals surface area (Å²) < 4.78 is 32.7. The van der Waals surface area contributed by atoms with Gasteiger partial charge in [-0.15, -0.1) is 0 Å². The van der Waals surface area contributed by atoms with E-state index >= 15 is 0 Å². The Balaban J connectivity index is 1.59. The molecule has 1 fully saturated rings. The van der Waals surface area contributed by atoms with Crippen molar-refractivity contribution in [1.29, 1.82) is 0 Å². The first-order valence-electron chi connectivity index (χ1n) is 9.89. The molecule has 28 heavy (non-hydrogen) atoms. The maximum Gasteiger partial charge on any atom is 0.243 e. The summed E-state index contributed by atoms with van der Waals surface area (Å²) in [4.78, 5) is 2.68. The van der Waals surface area contributed by atoms with Crippen LogP contribution in [-0.2, 0) is 16.6 Å². The van der Waals surface area contributed by atoms with Gasteiger partial charge in [-0.3, -0.25) is 4.90 Å². The molecule has 0 amide bonds. The van der Waals surface area contributed by atoms with Gasteiger partial charge in [-0.2, -0.15) is 4.31 Å². The zero-order chi connectivity index (χ0) is 20.1. The fourth-order valence-electron chi connectivity index (χ4n) is 3.47. The summed E-state index contributed by atoms with van der Waals surface area (Å²) in [5.41, 5.74) is 2.39. The zero-order valence-corrected chi connectivity index (χ0v) is 17.8. The first-order chi connectivity index (χ1) is 13.4. The van der Waals surface area contributed by atoms with Gasteiger partial charge in [-0.05, 0) is 47.7 Å². The van der Waals surface area contributed by atoms with Crippen LogP contribution in [0.2, 0.25) is 0 Å². The van der Waals surface area contributed by atoms with Crippen molar-refractivity contribution in [2.24, 2.45) is 0 Å². The number of rotatable bonds is 7. The second-order valence-electron chi connectivity index (χ2n) is 7.41. The predicted octanol–water partition coefficient (Wildman–Crippen LogP) is 3.72. The minimum Gasteiger partial charge on any atom is -0.497 e. The van der Waals surface area contributed by atoms with Gasteiger partial charge in [0, 0.05) is 32.7 Å². The van der Waals surface area contributed by atoms with E-state index in [0.717, 1.165) is 31.8 Å². The van der Waals surface area contributed by atoms with Crippen molar-refractivity contribution in [3.63, 3.8) is 0 Å². The van der Waals surface area contributed by atoms with Gasteiger partial charge >= 0.3 is 0 Å². The van der Waals surface area contributed by atoms with Gasteiger partial charge in [0.05, 0.1) is 12.0 Å². The second-order valence-corrected chi connectivity index (χ2v) is 9.34. The van der Waals surface area contributed by atoms with Gasteiger partial charge < -0.3 is 4.74 Å². The van der Waals surface area contributed by atoms with Crippen molar-refractivity contribution in [2.75, 3.05) is 33.3 Å². The van der Waals surface area contributed by atoms with Crippen molar-refractivity contribution in [1.82, 2.24) is 9.21 Å². The molecule has 3 rings (SSSR count). The second kappa shape index (κ2) is 9.07. The molecule has 0 aliphatic carbocycles. The van der Waals surface area contributed by atoms with Crippen LogP contribution in [0.25, 0.3) is 0 Å². The highest BCUT2D eigenvalue weighted by Crippen LogP contribution is 2.23. The van der Waals surface area contributed by atoms with Gasteiger partial charge in [-0.25, -0.2) is 8.42 Å². The van der Waals surface area contributed by atoms with Crippen LogP contribution in [0, 0.1) is 0 Å². The Morgan fingerprint density at radius 1 is 0.964 bits per heavy atom. The molecule has 0 spiro atoms. The molecule has 1 atom stereocenters. The molecular weight excluding hydrogens is 372 g/mol. The van der Waals surface area contributed by atoms with E-state index in [2.05, 4.69) is 30.9 Å². The molecule has 1 aliphatic rings. The third kappa shape index (κ3) is 4.74. The molecular formula is C22H30N2O3S. The summed E-state index contributed by atoms with van der Waals surface area (Å²) in [6, 6.07) is 15.4. The summed E-state index contributed by atoms with van der Waals surface area (Å²) >= 11 is 0. The Bertz CT molecular complexity index is 856. The summed E-state index contributed by atoms with van der Waals surface area (Å²) in [6.07, 6.45) is 1.04. The van der Waals surface area contributed by atoms with Crippen LogP contribution in [0.5, 0.6) is 5.75 Å². The third-order valence-electron chi connectivity index (χ3n) is 5.60. The molecule has 1 aliphatic heterocycles. The highest BCUT2D eigenvalue weighted by atomic mass is 32.2. The Kier molecular flexibility index (Phi) is 6.75. The lowest BCUT2D eigenvalue weighted by atomic mass is 9.99. The van der Waals surface area contributed by atoms with Crippen LogP contribution in [-0.4, -0.2) is 50.9 Å². The van der Waals surface area contributed by atoms with Crippen LogP contribution in [0.1, 0.15) is 37.3 Å². The summed E-state index contributed by atoms with van der Waals surface area (Å²) in [7, 11) is -1.77. The number of methoxy groups -OCH3 is 1. The van der Waals surface area contributed by atoms with Crippen LogP contribution in [0.15, 0.2) is 53.4 Å². The quantitative estimate of drug-likeness (QED) is 0.708. The minimum absolute atomic E-state index is 0.392. The molecule has 0 radical (unpaired) electrons. The van der Waals surface area contributed by atoms with Crippen molar-refractivity contribution in [3.05, 3.63) is 59.7 Å². The van der Waals surface area contributed by atoms with Gasteiger partial charge in [0.1, 0.15) is 5.75 Å². The van der Waals surface area contributed by atoms with Crippen molar-refractivity contribution < 1.29 is 13.2 Å². The fraction of sp³-hybridized carbons (Fsp3) is 0.455. The molecule has 0 bridgehead atoms. The number of sulfonamides is 1. The molecule has 1 heterocycles. The number of hydrogen-bond acceptors (Lipinski definition) is 4. The Morgan fingerprint density at radius 2 is 1.57 bits per heavy atom. The number of hydrogen-bond donors (Lipinski definition) is 0. The standard InChI is InChI=1S/C22H30N2O3S/c1-4-18(2)20-7-11-22(12-8-20)28(25,26)24-15-13-23(14-16-24)17-19-5-9-21(27-3)10-6-19/h5-12,18H,4,13-17H2,1-3H3. The van der Waals surface area contributed by atoms with E-state index in [-0.39, 0.29) is 0 Å². The van der Waals surface area contributed by atoms with E-state index in [0.29, 0.717) is 23.9 Å². The van der Waals surface area contributed by atoms with E-state index in [1.807, 2.05) is 24.3 Å². The fourth-order valence-corrected chi connectivity index (χ4v) is 4.89. The normalized spacial score (nSPS) is 17.4. The van der Waals surface area contributed by atoms with Gasteiger partial charge in [0.15, 0.2) is 0 Å². The Labute approximate surface area is 169 Å². The zero-order valence-electron chi connectivity index (χ0n) is 17.0. The van der Waals surface area contributed by atoms with E-state index in [4.69, 9.17) is 4.74 Å². The summed E-state index contributed by atoms with van der Waals surface area (Å²) in [5.74, 6) is 1.29. The highest BCUT2D eigenvalue weighted by Gasteiger charge is 2.28. The number of nitrogens with zero attached hydrogens (tertiary/aromatic N) is 2. The smallest absolute Gasteiger partial charge is 0.243 e. The largest absolute Gasteiger partial charge is 0.497 e. The number of ether oxygens (including phenoxy) is 1. The summed E-state index contributed by atoms with van der Waals surface area (Å²) in [6.45, 7) is 7.62. The molecule has 0 saturated carbocycles. The van der Waals surface area contributed by atoms with E-state index < -0.39 is 10.0 Å². The maximum atomic E-state index is 13.0. The van der Waals surface area contributed by atoms with Crippen molar-refractivity contribution in [2.45, 2.75) is 37.6 Å². The molecule has 0 N–H and O–H groups in total. The predicted molar refractivity (Wildman–Crippen MR) is 112 cm³/mol. The lowest BCUT2D eigenvalue weighted by Gasteiger charge is -2.34. The average Bonchev–Trinajstić information content (AvgIpc) is 2.74. The first kappa shape index (κ1) is 20.8. The van der Waals surface area contributed by atoms with E-state index in [1.165, 1.54) is 11.1 Å². The van der Waals surface area contributed by atoms with E-state index in [1.54, 1.807) is 23.5 Å². The third-order valence-corrected chi connectivity index (χ3v) is 7.51. The molecule has 5 nitrogen and oxygen atoms in total. The van der Waals surface area contributed by atoms with Crippen molar-refractivity contribution in [3.8, 4) is 5.75 Å². The lowest BCUT2D eigenvalue weighted by molar-refractivity contribution is 0.181. The van der Waals surface area contributed by atoms with Crippen LogP contribution >= 0.6 is 0 Å². The van der Waals surface area contributed by atoms with Crippen LogP contribution in [0.4, 0.5) is 0 Å². The number of piperazine rings is 1. The van der Waals surface area contributed by atoms with Gasteiger partial charge in [-0.1, -0.05) is 38.1 Å². The molecule has 0 aromatic heterocycles. The van der Waals surface area contributed by atoms with Crippen LogP contribution < -0.4 is 4.74 Å². The van der Waals surface area contributed by atoms with Crippen LogP contribution in [0.3, 0.4) is 0 Å². The molecule has 152 valence electrons. The van der Waals surface area contributed by atoms with Crippen molar-refractivity contribution >= 4 is 10.0 Å². The molecule has 2 aromatic carbocycles. The van der Waals surface area contributed by atoms with Gasteiger partial charge in [0.2, 0.25) is 10.0 Å². The highest BCUT2D eigenvalue weighted by molar-refractivity contribution is 7.89. The molecule has 6 heteroatoms. The first-order valence-corrected chi connectivity index (χ1v) is 11.3. The lowest BCUT2D eigenvalue weighted by Crippen LogP contribution is -2.48. The van der Waals surface area contributed by atoms with Gasteiger partial charge in [0.25, 0.3) is 0 Å². The number of benzene rings is 2. The maximum absolute atomic E-state index is 13.0. The Morgan fingerprint density at radius 3 is 2.11 bits per heavy atom. The molecule has 1 unspecified atom stereocenters. The Hall–Kier alpha value is -1.89. The molecule has 1 saturated heterocycles. The average molecular weight is 403 g/mol. The minimum atomic E-state index is -3.43. The SMILES string of the molecule is CCC(C)c1ccc(S(=O)(=O)N2CCN(Cc3ccc(OC)cc3)CC2)cc1.